The van der Waals surface area contributed by atoms with Gasteiger partial charge < -0.3 is 24.6 Å². The van der Waals surface area contributed by atoms with Crippen LogP contribution in [-0.2, 0) is 19.6 Å². The summed E-state index contributed by atoms with van der Waals surface area (Å²) in [4.78, 5) is 17.2. The van der Waals surface area contributed by atoms with E-state index in [1.165, 1.54) is 37.3 Å². The monoisotopic (exact) mass is 552 g/mol. The summed E-state index contributed by atoms with van der Waals surface area (Å²) in [7, 11) is 1.24. The fourth-order valence-electron chi connectivity index (χ4n) is 5.65. The highest BCUT2D eigenvalue weighted by Crippen LogP contribution is 2.28. The molecule has 9 nitrogen and oxygen atoms in total. The Kier molecular flexibility index (Phi) is 11.8. The highest BCUT2D eigenvalue weighted by Gasteiger charge is 2.26. The molecule has 1 saturated carbocycles. The quantitative estimate of drug-likeness (QED) is 0.355. The molecule has 1 aliphatic heterocycles. The molecule has 0 unspecified atom stereocenters. The minimum Gasteiger partial charge on any atom is -0.497 e. The lowest BCUT2D eigenvalue weighted by molar-refractivity contribution is -0.135. The average molecular weight is 553 g/mol. The third-order valence-corrected chi connectivity index (χ3v) is 10.1. The molecular formula is C28H48N4O5S. The SMILES string of the molecule is COc1cc(C)c(S(=O)(=O)N(C)CCOCC(=O)N(C)CC2CCC(NCCN3CCCC3)CC2)c(C)c1. The summed E-state index contributed by atoms with van der Waals surface area (Å²) in [6.07, 6.45) is 7.27. The van der Waals surface area contributed by atoms with Crippen molar-refractivity contribution in [2.24, 2.45) is 5.92 Å². The number of likely N-dealkylation sites (N-methyl/N-ethyl adjacent to an activating group) is 2. The van der Waals surface area contributed by atoms with Crippen LogP contribution in [0.1, 0.15) is 49.7 Å². The van der Waals surface area contributed by atoms with E-state index in [9.17, 15) is 13.2 Å². The summed E-state index contributed by atoms with van der Waals surface area (Å²) in [5.41, 5.74) is 1.27. The third kappa shape index (κ3) is 8.64. The maximum atomic E-state index is 13.1. The van der Waals surface area contributed by atoms with Crippen LogP contribution in [0.2, 0.25) is 0 Å². The second kappa shape index (κ2) is 14.6. The van der Waals surface area contributed by atoms with Crippen LogP contribution in [0.4, 0.5) is 0 Å². The number of amides is 1. The number of carbonyl (C=O) groups excluding carboxylic acids is 1. The number of sulfonamides is 1. The molecule has 1 aromatic rings. The van der Waals surface area contributed by atoms with Crippen molar-refractivity contribution < 1.29 is 22.7 Å². The number of nitrogens with zero attached hydrogens (tertiary/aromatic N) is 3. The zero-order valence-electron chi connectivity index (χ0n) is 24.0. The van der Waals surface area contributed by atoms with Crippen LogP contribution in [0.5, 0.6) is 5.75 Å². The summed E-state index contributed by atoms with van der Waals surface area (Å²) in [5.74, 6) is 1.08. The summed E-state index contributed by atoms with van der Waals surface area (Å²) in [6.45, 7) is 9.26. The predicted octanol–water partition coefficient (Wildman–Crippen LogP) is 2.65. The normalized spacial score (nSPS) is 20.7. The molecule has 2 aliphatic rings. The second-order valence-corrected chi connectivity index (χ2v) is 12.9. The molecule has 1 aromatic carbocycles. The lowest BCUT2D eigenvalue weighted by Crippen LogP contribution is -2.41. The van der Waals surface area contributed by atoms with Crippen molar-refractivity contribution in [2.75, 3.05) is 73.7 Å². The van der Waals surface area contributed by atoms with Gasteiger partial charge in [-0.3, -0.25) is 4.79 Å². The van der Waals surface area contributed by atoms with Gasteiger partial charge in [-0.1, -0.05) is 0 Å². The molecule has 216 valence electrons. The van der Waals surface area contributed by atoms with E-state index in [2.05, 4.69) is 10.2 Å². The van der Waals surface area contributed by atoms with Crippen molar-refractivity contribution in [3.05, 3.63) is 23.3 Å². The standard InChI is InChI=1S/C28H48N4O5S/c1-22-18-26(36-5)19-23(2)28(22)38(34,35)31(4)16-17-37-21-27(33)30(3)20-24-8-10-25(11-9-24)29-12-15-32-13-6-7-14-32/h18-19,24-25,29H,6-17,20-21H2,1-5H3. The summed E-state index contributed by atoms with van der Waals surface area (Å²) >= 11 is 0. The smallest absolute Gasteiger partial charge is 0.248 e. The fourth-order valence-corrected chi connectivity index (χ4v) is 7.20. The van der Waals surface area contributed by atoms with Gasteiger partial charge in [-0.15, -0.1) is 0 Å². The lowest BCUT2D eigenvalue weighted by atomic mass is 9.85. The maximum absolute atomic E-state index is 13.1. The van der Waals surface area contributed by atoms with Gasteiger partial charge in [0.25, 0.3) is 0 Å². The van der Waals surface area contributed by atoms with E-state index in [1.54, 1.807) is 38.0 Å². The molecule has 1 amide bonds. The first-order valence-electron chi connectivity index (χ1n) is 14.0. The number of benzene rings is 1. The van der Waals surface area contributed by atoms with Gasteiger partial charge in [0.2, 0.25) is 15.9 Å². The number of aryl methyl sites for hydroxylation is 2. The Balaban J connectivity index is 1.33. The molecule has 1 N–H and O–H groups in total. The van der Waals surface area contributed by atoms with Crippen LogP contribution in [-0.4, -0.2) is 108 Å². The van der Waals surface area contributed by atoms with Gasteiger partial charge in [0.1, 0.15) is 12.4 Å². The van der Waals surface area contributed by atoms with Gasteiger partial charge in [-0.25, -0.2) is 8.42 Å². The van der Waals surface area contributed by atoms with Gasteiger partial charge in [-0.2, -0.15) is 4.31 Å². The van der Waals surface area contributed by atoms with E-state index in [-0.39, 0.29) is 30.6 Å². The van der Waals surface area contributed by atoms with E-state index >= 15 is 0 Å². The van der Waals surface area contributed by atoms with Crippen molar-refractivity contribution in [3.8, 4) is 5.75 Å². The van der Waals surface area contributed by atoms with E-state index < -0.39 is 10.0 Å². The number of hydrogen-bond donors (Lipinski definition) is 1. The van der Waals surface area contributed by atoms with Crippen LogP contribution in [0, 0.1) is 19.8 Å². The molecule has 3 rings (SSSR count). The Morgan fingerprint density at radius 1 is 1.08 bits per heavy atom. The zero-order valence-corrected chi connectivity index (χ0v) is 24.8. The third-order valence-electron chi connectivity index (χ3n) is 7.98. The highest BCUT2D eigenvalue weighted by atomic mass is 32.2. The van der Waals surface area contributed by atoms with Crippen LogP contribution >= 0.6 is 0 Å². The van der Waals surface area contributed by atoms with Crippen LogP contribution in [0.15, 0.2) is 17.0 Å². The summed E-state index contributed by atoms with van der Waals surface area (Å²) in [5, 5.41) is 3.73. The lowest BCUT2D eigenvalue weighted by Gasteiger charge is -2.32. The maximum Gasteiger partial charge on any atom is 0.248 e. The number of methoxy groups -OCH3 is 1. The number of likely N-dealkylation sites (tertiary alicyclic amines) is 1. The fraction of sp³-hybridized carbons (Fsp3) is 0.750. The first kappa shape index (κ1) is 30.8. The molecule has 0 radical (unpaired) electrons. The number of carbonyl (C=O) groups is 1. The van der Waals surface area contributed by atoms with Gasteiger partial charge in [0, 0.05) is 46.3 Å². The first-order chi connectivity index (χ1) is 18.1. The Hall–Kier alpha value is -1.72. The molecular weight excluding hydrogens is 504 g/mol. The zero-order chi connectivity index (χ0) is 27.7. The van der Waals surface area contributed by atoms with Crippen LogP contribution in [0.25, 0.3) is 0 Å². The minimum atomic E-state index is -3.68. The summed E-state index contributed by atoms with van der Waals surface area (Å²) in [6, 6.07) is 4.03. The van der Waals surface area contributed by atoms with E-state index in [0.29, 0.717) is 28.8 Å². The van der Waals surface area contributed by atoms with Crippen LogP contribution < -0.4 is 10.1 Å². The number of nitrogens with one attached hydrogen (secondary N) is 1. The molecule has 0 bridgehead atoms. The highest BCUT2D eigenvalue weighted by molar-refractivity contribution is 7.89. The number of ether oxygens (including phenoxy) is 2. The van der Waals surface area contributed by atoms with E-state index in [4.69, 9.17) is 9.47 Å². The van der Waals surface area contributed by atoms with E-state index in [0.717, 1.165) is 45.3 Å². The Morgan fingerprint density at radius 3 is 2.32 bits per heavy atom. The van der Waals surface area contributed by atoms with Gasteiger partial charge in [0.05, 0.1) is 18.6 Å². The molecule has 0 aromatic heterocycles. The largest absolute Gasteiger partial charge is 0.497 e. The van der Waals surface area contributed by atoms with Crippen molar-refractivity contribution in [1.82, 2.24) is 19.4 Å². The topological polar surface area (TPSA) is 91.4 Å². The Morgan fingerprint density at radius 2 is 1.71 bits per heavy atom. The van der Waals surface area contributed by atoms with Gasteiger partial charge in [-0.05, 0) is 94.6 Å². The van der Waals surface area contributed by atoms with Crippen molar-refractivity contribution >= 4 is 15.9 Å². The second-order valence-electron chi connectivity index (χ2n) is 11.0. The average Bonchev–Trinajstić information content (AvgIpc) is 3.40. The molecule has 1 saturated heterocycles. The predicted molar refractivity (Wildman–Crippen MR) is 150 cm³/mol. The van der Waals surface area contributed by atoms with Crippen molar-refractivity contribution in [2.45, 2.75) is 63.3 Å². The molecule has 2 fully saturated rings. The minimum absolute atomic E-state index is 0.0433. The summed E-state index contributed by atoms with van der Waals surface area (Å²) < 4.78 is 38.3. The molecule has 1 aliphatic carbocycles. The number of rotatable bonds is 14. The molecule has 1 heterocycles. The van der Waals surface area contributed by atoms with E-state index in [1.807, 2.05) is 7.05 Å². The van der Waals surface area contributed by atoms with Crippen molar-refractivity contribution in [1.29, 1.82) is 0 Å². The molecule has 38 heavy (non-hydrogen) atoms. The van der Waals surface area contributed by atoms with Gasteiger partial charge in [0.15, 0.2) is 0 Å². The van der Waals surface area contributed by atoms with Crippen molar-refractivity contribution in [3.63, 3.8) is 0 Å². The Labute approximate surface area is 229 Å². The first-order valence-corrected chi connectivity index (χ1v) is 15.4. The number of hydrogen-bond acceptors (Lipinski definition) is 7. The molecule has 0 spiro atoms. The molecule has 0 atom stereocenters. The Bertz CT molecular complexity index is 981. The molecule has 10 heteroatoms. The van der Waals surface area contributed by atoms with Crippen LogP contribution in [0.3, 0.4) is 0 Å². The van der Waals surface area contributed by atoms with Gasteiger partial charge >= 0.3 is 0 Å².